The third kappa shape index (κ3) is 4.73. The van der Waals surface area contributed by atoms with E-state index in [2.05, 4.69) is 4.90 Å². The number of hydrogen-bond donors (Lipinski definition) is 1. The van der Waals surface area contributed by atoms with Crippen molar-refractivity contribution in [2.24, 2.45) is 0 Å². The lowest BCUT2D eigenvalue weighted by Gasteiger charge is -2.17. The Morgan fingerprint density at radius 2 is 1.83 bits per heavy atom. The maximum Gasteiger partial charge on any atom is 0.341 e. The number of carbonyl (C=O) groups is 1. The lowest BCUT2D eigenvalue weighted by Crippen LogP contribution is -2.24. The van der Waals surface area contributed by atoms with E-state index in [0.29, 0.717) is 5.75 Å². The van der Waals surface area contributed by atoms with Crippen LogP contribution < -0.4 is 9.47 Å². The number of aliphatic carboxylic acids is 1. The first-order valence-corrected chi connectivity index (χ1v) is 8.06. The van der Waals surface area contributed by atoms with Gasteiger partial charge in [0.15, 0.2) is 6.61 Å². The minimum atomic E-state index is -0.972. The van der Waals surface area contributed by atoms with E-state index in [1.165, 1.54) is 5.56 Å². The minimum Gasteiger partial charge on any atom is -0.489 e. The van der Waals surface area contributed by atoms with Crippen molar-refractivity contribution in [2.45, 2.75) is 19.1 Å². The largest absolute Gasteiger partial charge is 0.489 e. The van der Waals surface area contributed by atoms with Crippen molar-refractivity contribution in [3.8, 4) is 11.5 Å². The SMILES string of the molecule is O=C(O)COc1ccc(CN2CCC(Oc3ccccc3)C2)cc1. The van der Waals surface area contributed by atoms with Crippen molar-refractivity contribution < 1.29 is 19.4 Å². The molecule has 1 atom stereocenters. The minimum absolute atomic E-state index is 0.227. The third-order valence-corrected chi connectivity index (χ3v) is 3.97. The summed E-state index contributed by atoms with van der Waals surface area (Å²) in [6.45, 7) is 2.46. The van der Waals surface area contributed by atoms with Crippen molar-refractivity contribution in [1.82, 2.24) is 4.90 Å². The monoisotopic (exact) mass is 327 g/mol. The highest BCUT2D eigenvalue weighted by Crippen LogP contribution is 2.20. The Hall–Kier alpha value is -2.53. The van der Waals surface area contributed by atoms with Crippen molar-refractivity contribution in [2.75, 3.05) is 19.7 Å². The van der Waals surface area contributed by atoms with E-state index in [4.69, 9.17) is 14.6 Å². The van der Waals surface area contributed by atoms with Crippen molar-refractivity contribution in [3.05, 3.63) is 60.2 Å². The molecule has 2 aromatic carbocycles. The highest BCUT2D eigenvalue weighted by atomic mass is 16.5. The molecule has 0 saturated carbocycles. The summed E-state index contributed by atoms with van der Waals surface area (Å²) >= 11 is 0. The second kappa shape index (κ2) is 7.84. The van der Waals surface area contributed by atoms with Crippen molar-refractivity contribution >= 4 is 5.97 Å². The molecule has 0 aliphatic carbocycles. The Morgan fingerprint density at radius 1 is 1.08 bits per heavy atom. The number of para-hydroxylation sites is 1. The zero-order valence-corrected chi connectivity index (χ0v) is 13.4. The molecule has 1 aliphatic heterocycles. The van der Waals surface area contributed by atoms with Crippen LogP contribution >= 0.6 is 0 Å². The molecule has 2 aromatic rings. The fourth-order valence-electron chi connectivity index (χ4n) is 2.82. The summed E-state index contributed by atoms with van der Waals surface area (Å²) in [4.78, 5) is 12.8. The maximum absolute atomic E-state index is 10.5. The van der Waals surface area contributed by atoms with Crippen LogP contribution in [0.4, 0.5) is 0 Å². The molecule has 0 aromatic heterocycles. The van der Waals surface area contributed by atoms with E-state index in [1.54, 1.807) is 0 Å². The Balaban J connectivity index is 1.47. The summed E-state index contributed by atoms with van der Waals surface area (Å²) in [6.07, 6.45) is 1.25. The van der Waals surface area contributed by atoms with Gasteiger partial charge < -0.3 is 14.6 Å². The zero-order chi connectivity index (χ0) is 16.8. The fourth-order valence-corrected chi connectivity index (χ4v) is 2.82. The maximum atomic E-state index is 10.5. The van der Waals surface area contributed by atoms with Crippen molar-refractivity contribution in [3.63, 3.8) is 0 Å². The van der Waals surface area contributed by atoms with Gasteiger partial charge in [-0.05, 0) is 36.2 Å². The van der Waals surface area contributed by atoms with Crippen LogP contribution in [0.3, 0.4) is 0 Å². The lowest BCUT2D eigenvalue weighted by molar-refractivity contribution is -0.139. The van der Waals surface area contributed by atoms with Crippen LogP contribution in [0.25, 0.3) is 0 Å². The first-order valence-electron chi connectivity index (χ1n) is 8.06. The van der Waals surface area contributed by atoms with Gasteiger partial charge in [-0.25, -0.2) is 4.79 Å². The van der Waals surface area contributed by atoms with Gasteiger partial charge in [-0.1, -0.05) is 30.3 Å². The number of hydrogen-bond acceptors (Lipinski definition) is 4. The molecule has 1 aliphatic rings. The van der Waals surface area contributed by atoms with Crippen molar-refractivity contribution in [1.29, 1.82) is 0 Å². The Kier molecular flexibility index (Phi) is 5.33. The molecule has 126 valence electrons. The normalized spacial score (nSPS) is 17.6. The number of ether oxygens (including phenoxy) is 2. The molecule has 1 fully saturated rings. The second-order valence-corrected chi connectivity index (χ2v) is 5.90. The Bertz CT molecular complexity index is 657. The van der Waals surface area contributed by atoms with Gasteiger partial charge in [0.25, 0.3) is 0 Å². The van der Waals surface area contributed by atoms with Gasteiger partial charge in [0.2, 0.25) is 0 Å². The topological polar surface area (TPSA) is 59.0 Å². The summed E-state index contributed by atoms with van der Waals surface area (Å²) in [5, 5.41) is 8.61. The van der Waals surface area contributed by atoms with Gasteiger partial charge in [0, 0.05) is 19.6 Å². The molecule has 3 rings (SSSR count). The van der Waals surface area contributed by atoms with E-state index < -0.39 is 5.97 Å². The van der Waals surface area contributed by atoms with Crippen LogP contribution in [0.5, 0.6) is 11.5 Å². The molecular weight excluding hydrogens is 306 g/mol. The first-order chi connectivity index (χ1) is 11.7. The molecular formula is C19H21NO4. The average Bonchev–Trinajstić information content (AvgIpc) is 3.02. The van der Waals surface area contributed by atoms with Crippen LogP contribution in [0.2, 0.25) is 0 Å². The molecule has 1 heterocycles. The smallest absolute Gasteiger partial charge is 0.341 e. The van der Waals surface area contributed by atoms with Crippen LogP contribution in [0.1, 0.15) is 12.0 Å². The fraction of sp³-hybridized carbons (Fsp3) is 0.316. The number of benzene rings is 2. The molecule has 1 saturated heterocycles. The number of nitrogens with zero attached hydrogens (tertiary/aromatic N) is 1. The van der Waals surface area contributed by atoms with E-state index in [-0.39, 0.29) is 12.7 Å². The van der Waals surface area contributed by atoms with Crippen LogP contribution in [-0.4, -0.2) is 41.8 Å². The number of rotatable bonds is 7. The molecule has 0 spiro atoms. The Labute approximate surface area is 141 Å². The molecule has 0 radical (unpaired) electrons. The summed E-state index contributed by atoms with van der Waals surface area (Å²) in [6, 6.07) is 17.5. The van der Waals surface area contributed by atoms with Crippen LogP contribution in [-0.2, 0) is 11.3 Å². The van der Waals surface area contributed by atoms with Gasteiger partial charge in [-0.3, -0.25) is 4.90 Å². The molecule has 0 amide bonds. The van der Waals surface area contributed by atoms with E-state index in [0.717, 1.165) is 31.8 Å². The van der Waals surface area contributed by atoms with Gasteiger partial charge in [-0.2, -0.15) is 0 Å². The van der Waals surface area contributed by atoms with Gasteiger partial charge in [-0.15, -0.1) is 0 Å². The predicted octanol–water partition coefficient (Wildman–Crippen LogP) is 2.80. The second-order valence-electron chi connectivity index (χ2n) is 5.90. The number of likely N-dealkylation sites (tertiary alicyclic amines) is 1. The molecule has 24 heavy (non-hydrogen) atoms. The summed E-state index contributed by atoms with van der Waals surface area (Å²) in [5.41, 5.74) is 1.18. The number of carboxylic acids is 1. The molecule has 5 heteroatoms. The van der Waals surface area contributed by atoms with Crippen LogP contribution in [0.15, 0.2) is 54.6 Å². The summed E-state index contributed by atoms with van der Waals surface area (Å²) in [7, 11) is 0. The quantitative estimate of drug-likeness (QED) is 0.847. The molecule has 1 unspecified atom stereocenters. The van der Waals surface area contributed by atoms with Gasteiger partial charge >= 0.3 is 5.97 Å². The highest BCUT2D eigenvalue weighted by molar-refractivity contribution is 5.68. The first kappa shape index (κ1) is 16.3. The standard InChI is InChI=1S/C19H21NO4/c21-19(22)14-23-16-8-6-15(7-9-16)12-20-11-10-18(13-20)24-17-4-2-1-3-5-17/h1-9,18H,10-14H2,(H,21,22). The van der Waals surface area contributed by atoms with E-state index in [9.17, 15) is 4.79 Å². The third-order valence-electron chi connectivity index (χ3n) is 3.97. The number of carboxylic acid groups (broad SMARTS) is 1. The Morgan fingerprint density at radius 3 is 2.54 bits per heavy atom. The average molecular weight is 327 g/mol. The van der Waals surface area contributed by atoms with E-state index in [1.807, 2.05) is 54.6 Å². The summed E-state index contributed by atoms with van der Waals surface area (Å²) in [5.74, 6) is 0.526. The van der Waals surface area contributed by atoms with E-state index >= 15 is 0 Å². The lowest BCUT2D eigenvalue weighted by atomic mass is 10.2. The molecule has 0 bridgehead atoms. The van der Waals surface area contributed by atoms with Crippen LogP contribution in [0, 0.1) is 0 Å². The predicted molar refractivity (Wildman–Crippen MR) is 90.3 cm³/mol. The molecule has 5 nitrogen and oxygen atoms in total. The summed E-state index contributed by atoms with van der Waals surface area (Å²) < 4.78 is 11.1. The molecule has 1 N–H and O–H groups in total. The highest BCUT2D eigenvalue weighted by Gasteiger charge is 2.23. The zero-order valence-electron chi connectivity index (χ0n) is 13.4. The van der Waals surface area contributed by atoms with Gasteiger partial charge in [0.1, 0.15) is 17.6 Å². The van der Waals surface area contributed by atoms with Gasteiger partial charge in [0.05, 0.1) is 0 Å².